The fourth-order valence-corrected chi connectivity index (χ4v) is 2.41. The second-order valence-corrected chi connectivity index (χ2v) is 5.35. The topological polar surface area (TPSA) is 53.1 Å². The molecule has 0 radical (unpaired) electrons. The van der Waals surface area contributed by atoms with E-state index in [4.69, 9.17) is 16.9 Å². The van der Waals surface area contributed by atoms with E-state index in [1.54, 1.807) is 7.11 Å². The van der Waals surface area contributed by atoms with Gasteiger partial charge in [0, 0.05) is 6.07 Å². The molecular formula is C16H21N3O. The first-order valence-electron chi connectivity index (χ1n) is 6.80. The molecule has 0 aliphatic rings. The number of methoxy groups -OCH3 is 1. The molecule has 1 aromatic heterocycles. The van der Waals surface area contributed by atoms with Crippen LogP contribution in [-0.4, -0.2) is 16.7 Å². The number of terminal acetylenes is 1. The highest BCUT2D eigenvalue weighted by Crippen LogP contribution is 2.26. The van der Waals surface area contributed by atoms with E-state index in [1.165, 1.54) is 0 Å². The van der Waals surface area contributed by atoms with Crippen molar-refractivity contribution >= 4 is 11.0 Å². The summed E-state index contributed by atoms with van der Waals surface area (Å²) in [6, 6.07) is 5.69. The zero-order valence-corrected chi connectivity index (χ0v) is 12.3. The van der Waals surface area contributed by atoms with Crippen LogP contribution in [-0.2, 0) is 6.54 Å². The second kappa shape index (κ2) is 5.98. The maximum atomic E-state index is 6.28. The first-order valence-corrected chi connectivity index (χ1v) is 6.80. The Balaban J connectivity index is 2.52. The Kier molecular flexibility index (Phi) is 4.31. The molecule has 0 spiro atoms. The standard InChI is InChI=1S/C16H21N3O/c1-5-8-19-15-7-6-12(20-4)10-14(15)18-16(19)13(17)9-11(2)3/h1,6-7,10-11,13H,8-9,17H2,2-4H3. The van der Waals surface area contributed by atoms with E-state index < -0.39 is 0 Å². The fourth-order valence-electron chi connectivity index (χ4n) is 2.41. The molecule has 106 valence electrons. The summed E-state index contributed by atoms with van der Waals surface area (Å²) in [5.74, 6) is 4.82. The molecule has 2 N–H and O–H groups in total. The van der Waals surface area contributed by atoms with Crippen molar-refractivity contribution in [1.29, 1.82) is 0 Å². The first-order chi connectivity index (χ1) is 9.56. The highest BCUT2D eigenvalue weighted by atomic mass is 16.5. The second-order valence-electron chi connectivity index (χ2n) is 5.35. The molecule has 0 amide bonds. The SMILES string of the molecule is C#CCn1c(C(N)CC(C)C)nc2cc(OC)ccc21. The van der Waals surface area contributed by atoms with E-state index in [-0.39, 0.29) is 6.04 Å². The number of nitrogens with zero attached hydrogens (tertiary/aromatic N) is 2. The summed E-state index contributed by atoms with van der Waals surface area (Å²) in [7, 11) is 1.64. The predicted octanol–water partition coefficient (Wildman–Crippen LogP) is 2.72. The maximum Gasteiger partial charge on any atom is 0.127 e. The Morgan fingerprint density at radius 2 is 2.20 bits per heavy atom. The van der Waals surface area contributed by atoms with Gasteiger partial charge in [-0.1, -0.05) is 19.8 Å². The van der Waals surface area contributed by atoms with Crippen LogP contribution in [0.1, 0.15) is 32.1 Å². The molecule has 0 fully saturated rings. The zero-order chi connectivity index (χ0) is 14.7. The third kappa shape index (κ3) is 2.78. The van der Waals surface area contributed by atoms with Crippen molar-refractivity contribution in [2.45, 2.75) is 32.9 Å². The summed E-state index contributed by atoms with van der Waals surface area (Å²) in [6.07, 6.45) is 6.35. The maximum absolute atomic E-state index is 6.28. The zero-order valence-electron chi connectivity index (χ0n) is 12.3. The number of aromatic nitrogens is 2. The lowest BCUT2D eigenvalue weighted by Crippen LogP contribution is -2.18. The summed E-state index contributed by atoms with van der Waals surface area (Å²) in [6.45, 7) is 4.78. The Morgan fingerprint density at radius 3 is 2.80 bits per heavy atom. The van der Waals surface area contributed by atoms with Crippen molar-refractivity contribution in [3.63, 3.8) is 0 Å². The van der Waals surface area contributed by atoms with Crippen LogP contribution in [0.5, 0.6) is 5.75 Å². The summed E-state index contributed by atoms with van der Waals surface area (Å²) >= 11 is 0. The fraction of sp³-hybridized carbons (Fsp3) is 0.438. The Bertz CT molecular complexity index is 637. The minimum atomic E-state index is -0.109. The van der Waals surface area contributed by atoms with Gasteiger partial charge in [-0.15, -0.1) is 6.42 Å². The van der Waals surface area contributed by atoms with Gasteiger partial charge in [0.2, 0.25) is 0 Å². The Hall–Kier alpha value is -1.99. The van der Waals surface area contributed by atoms with E-state index in [1.807, 2.05) is 22.8 Å². The van der Waals surface area contributed by atoms with Gasteiger partial charge in [-0.05, 0) is 24.5 Å². The molecular weight excluding hydrogens is 250 g/mol. The molecule has 0 saturated heterocycles. The monoisotopic (exact) mass is 271 g/mol. The van der Waals surface area contributed by atoms with Crippen molar-refractivity contribution in [2.24, 2.45) is 11.7 Å². The van der Waals surface area contributed by atoms with E-state index in [0.29, 0.717) is 12.5 Å². The van der Waals surface area contributed by atoms with Gasteiger partial charge in [-0.25, -0.2) is 4.98 Å². The van der Waals surface area contributed by atoms with Crippen molar-refractivity contribution < 1.29 is 4.74 Å². The minimum absolute atomic E-state index is 0.109. The highest BCUT2D eigenvalue weighted by Gasteiger charge is 2.18. The van der Waals surface area contributed by atoms with Gasteiger partial charge in [0.1, 0.15) is 11.6 Å². The lowest BCUT2D eigenvalue weighted by atomic mass is 10.0. The van der Waals surface area contributed by atoms with Crippen LogP contribution in [0.2, 0.25) is 0 Å². The summed E-state index contributed by atoms with van der Waals surface area (Å²) in [4.78, 5) is 4.66. The van der Waals surface area contributed by atoms with E-state index in [2.05, 4.69) is 24.8 Å². The first kappa shape index (κ1) is 14.4. The lowest BCUT2D eigenvalue weighted by molar-refractivity contribution is 0.415. The molecule has 2 rings (SSSR count). The van der Waals surface area contributed by atoms with Crippen LogP contribution in [0.4, 0.5) is 0 Å². The summed E-state index contributed by atoms with van der Waals surface area (Å²) in [5, 5.41) is 0. The number of fused-ring (bicyclic) bond motifs is 1. The van der Waals surface area contributed by atoms with Crippen LogP contribution in [0.15, 0.2) is 18.2 Å². The van der Waals surface area contributed by atoms with Gasteiger partial charge in [-0.3, -0.25) is 0 Å². The third-order valence-electron chi connectivity index (χ3n) is 3.29. The molecule has 0 aliphatic heterocycles. The third-order valence-corrected chi connectivity index (χ3v) is 3.29. The van der Waals surface area contributed by atoms with Crippen LogP contribution < -0.4 is 10.5 Å². The molecule has 0 aliphatic carbocycles. The van der Waals surface area contributed by atoms with Crippen molar-refractivity contribution in [2.75, 3.05) is 7.11 Å². The molecule has 20 heavy (non-hydrogen) atoms. The van der Waals surface area contributed by atoms with Gasteiger partial charge >= 0.3 is 0 Å². The number of rotatable bonds is 5. The molecule has 1 unspecified atom stereocenters. The van der Waals surface area contributed by atoms with Crippen LogP contribution >= 0.6 is 0 Å². The molecule has 0 bridgehead atoms. The quantitative estimate of drug-likeness (QED) is 0.851. The summed E-state index contributed by atoms with van der Waals surface area (Å²) in [5.41, 5.74) is 8.15. The molecule has 1 heterocycles. The minimum Gasteiger partial charge on any atom is -0.497 e. The van der Waals surface area contributed by atoms with Gasteiger partial charge in [0.05, 0.1) is 30.7 Å². The number of hydrogen-bond donors (Lipinski definition) is 1. The number of ether oxygens (including phenoxy) is 1. The van der Waals surface area contributed by atoms with E-state index in [9.17, 15) is 0 Å². The molecule has 0 saturated carbocycles. The average molecular weight is 271 g/mol. The van der Waals surface area contributed by atoms with Crippen molar-refractivity contribution in [3.8, 4) is 18.1 Å². The van der Waals surface area contributed by atoms with Crippen LogP contribution in [0, 0.1) is 18.3 Å². The largest absolute Gasteiger partial charge is 0.497 e. The number of benzene rings is 1. The molecule has 4 heteroatoms. The lowest BCUT2D eigenvalue weighted by Gasteiger charge is -2.15. The van der Waals surface area contributed by atoms with Crippen molar-refractivity contribution in [3.05, 3.63) is 24.0 Å². The molecule has 2 aromatic rings. The molecule has 1 aromatic carbocycles. The van der Waals surface area contributed by atoms with Gasteiger partial charge in [0.25, 0.3) is 0 Å². The highest BCUT2D eigenvalue weighted by molar-refractivity contribution is 5.78. The molecule has 4 nitrogen and oxygen atoms in total. The number of nitrogens with two attached hydrogens (primary N) is 1. The Morgan fingerprint density at radius 1 is 1.45 bits per heavy atom. The number of imidazole rings is 1. The average Bonchev–Trinajstić information content (AvgIpc) is 2.76. The molecule has 1 atom stereocenters. The van der Waals surface area contributed by atoms with Crippen molar-refractivity contribution in [1.82, 2.24) is 9.55 Å². The van der Waals surface area contributed by atoms with Gasteiger partial charge < -0.3 is 15.0 Å². The van der Waals surface area contributed by atoms with E-state index in [0.717, 1.165) is 29.0 Å². The normalized spacial score (nSPS) is 12.6. The van der Waals surface area contributed by atoms with E-state index >= 15 is 0 Å². The van der Waals surface area contributed by atoms with Crippen LogP contribution in [0.25, 0.3) is 11.0 Å². The van der Waals surface area contributed by atoms with Gasteiger partial charge in [0.15, 0.2) is 0 Å². The van der Waals surface area contributed by atoms with Gasteiger partial charge in [-0.2, -0.15) is 0 Å². The smallest absolute Gasteiger partial charge is 0.127 e. The summed E-state index contributed by atoms with van der Waals surface area (Å²) < 4.78 is 7.25. The Labute approximate surface area is 119 Å². The van der Waals surface area contributed by atoms with Crippen LogP contribution in [0.3, 0.4) is 0 Å². The predicted molar refractivity (Wildman–Crippen MR) is 81.5 cm³/mol. The number of hydrogen-bond acceptors (Lipinski definition) is 3.